The highest BCUT2D eigenvalue weighted by Crippen LogP contribution is 2.23. The van der Waals surface area contributed by atoms with E-state index >= 15 is 0 Å². The van der Waals surface area contributed by atoms with E-state index in [2.05, 4.69) is 15.5 Å². The lowest BCUT2D eigenvalue weighted by molar-refractivity contribution is 0.0101. The van der Waals surface area contributed by atoms with Gasteiger partial charge in [-0.3, -0.25) is 5.10 Å². The molecule has 0 amide bonds. The molecule has 2 heterocycles. The third-order valence-electron chi connectivity index (χ3n) is 3.11. The molecule has 2 rings (SSSR count). The van der Waals surface area contributed by atoms with Crippen molar-refractivity contribution in [2.24, 2.45) is 0 Å². The standard InChI is InChI=1S/C11H20N4O3S/c1-8-7-15(4-5-18-8)19(16,17)11-9(2)13-14-10(11)6-12-3/h8,12H,4-7H2,1-3H3,(H,13,14). The summed E-state index contributed by atoms with van der Waals surface area (Å²) >= 11 is 0. The third kappa shape index (κ3) is 2.81. The molecule has 0 bridgehead atoms. The van der Waals surface area contributed by atoms with Gasteiger partial charge in [0.1, 0.15) is 4.90 Å². The Labute approximate surface area is 113 Å². The van der Waals surface area contributed by atoms with E-state index in [0.29, 0.717) is 37.6 Å². The molecule has 0 aromatic carbocycles. The highest BCUT2D eigenvalue weighted by Gasteiger charge is 2.33. The lowest BCUT2D eigenvalue weighted by atomic mass is 10.3. The van der Waals surface area contributed by atoms with Gasteiger partial charge in [0.05, 0.1) is 24.1 Å². The molecule has 2 N–H and O–H groups in total. The Morgan fingerprint density at radius 1 is 1.58 bits per heavy atom. The maximum atomic E-state index is 12.7. The summed E-state index contributed by atoms with van der Waals surface area (Å²) in [5.41, 5.74) is 1.10. The Balaban J connectivity index is 2.36. The molecule has 1 aliphatic rings. The van der Waals surface area contributed by atoms with Gasteiger partial charge in [0.2, 0.25) is 10.0 Å². The summed E-state index contributed by atoms with van der Waals surface area (Å²) in [6.07, 6.45) is -0.0801. The minimum Gasteiger partial charge on any atom is -0.376 e. The Bertz CT molecular complexity index is 540. The van der Waals surface area contributed by atoms with Crippen LogP contribution in [0, 0.1) is 6.92 Å². The average Bonchev–Trinajstić information content (AvgIpc) is 2.71. The molecule has 108 valence electrons. The molecule has 19 heavy (non-hydrogen) atoms. The number of nitrogens with one attached hydrogen (secondary N) is 2. The largest absolute Gasteiger partial charge is 0.376 e. The normalized spacial score (nSPS) is 21.7. The van der Waals surface area contributed by atoms with Gasteiger partial charge in [-0.15, -0.1) is 0 Å². The third-order valence-corrected chi connectivity index (χ3v) is 5.18. The van der Waals surface area contributed by atoms with Crippen LogP contribution in [-0.2, 0) is 21.3 Å². The lowest BCUT2D eigenvalue weighted by Crippen LogP contribution is -2.44. The van der Waals surface area contributed by atoms with Gasteiger partial charge < -0.3 is 10.1 Å². The minimum absolute atomic E-state index is 0.0801. The molecule has 0 saturated carbocycles. The molecule has 1 saturated heterocycles. The fourth-order valence-electron chi connectivity index (χ4n) is 2.23. The quantitative estimate of drug-likeness (QED) is 0.804. The molecule has 1 fully saturated rings. The molecule has 0 spiro atoms. The van der Waals surface area contributed by atoms with Crippen LogP contribution in [0.1, 0.15) is 18.3 Å². The van der Waals surface area contributed by atoms with Gasteiger partial charge >= 0.3 is 0 Å². The van der Waals surface area contributed by atoms with E-state index in [9.17, 15) is 8.42 Å². The summed E-state index contributed by atoms with van der Waals surface area (Å²) in [5, 5.41) is 9.74. The second-order valence-electron chi connectivity index (χ2n) is 4.70. The zero-order valence-electron chi connectivity index (χ0n) is 11.4. The predicted molar refractivity (Wildman–Crippen MR) is 70.3 cm³/mol. The zero-order valence-corrected chi connectivity index (χ0v) is 12.2. The van der Waals surface area contributed by atoms with E-state index in [1.54, 1.807) is 14.0 Å². The molecular weight excluding hydrogens is 268 g/mol. The minimum atomic E-state index is -3.52. The van der Waals surface area contributed by atoms with Gasteiger partial charge in [0.25, 0.3) is 0 Å². The number of ether oxygens (including phenoxy) is 1. The van der Waals surface area contributed by atoms with Crippen LogP contribution in [0.3, 0.4) is 0 Å². The number of H-pyrrole nitrogens is 1. The number of morpholine rings is 1. The number of hydrogen-bond acceptors (Lipinski definition) is 5. The molecular formula is C11H20N4O3S. The molecule has 8 heteroatoms. The van der Waals surface area contributed by atoms with Crippen molar-refractivity contribution >= 4 is 10.0 Å². The van der Waals surface area contributed by atoms with Crippen LogP contribution in [0.15, 0.2) is 4.90 Å². The van der Waals surface area contributed by atoms with Gasteiger partial charge in [-0.25, -0.2) is 8.42 Å². The van der Waals surface area contributed by atoms with Crippen molar-refractivity contribution in [1.82, 2.24) is 19.8 Å². The maximum absolute atomic E-state index is 12.7. The first-order valence-corrected chi connectivity index (χ1v) is 7.71. The van der Waals surface area contributed by atoms with E-state index in [1.165, 1.54) is 4.31 Å². The van der Waals surface area contributed by atoms with E-state index in [0.717, 1.165) is 0 Å². The SMILES string of the molecule is CNCc1n[nH]c(C)c1S(=O)(=O)N1CCOC(C)C1. The second-order valence-corrected chi connectivity index (χ2v) is 6.57. The summed E-state index contributed by atoms with van der Waals surface area (Å²) in [6.45, 7) is 5.21. The Kier molecular flexibility index (Phi) is 4.24. The lowest BCUT2D eigenvalue weighted by Gasteiger charge is -2.30. The van der Waals surface area contributed by atoms with Crippen molar-refractivity contribution in [2.75, 3.05) is 26.7 Å². The number of hydrogen-bond donors (Lipinski definition) is 2. The summed E-state index contributed by atoms with van der Waals surface area (Å²) in [7, 11) is -1.75. The molecule has 1 aliphatic heterocycles. The van der Waals surface area contributed by atoms with E-state index in [4.69, 9.17) is 4.74 Å². The predicted octanol–water partition coefficient (Wildman–Crippen LogP) is -0.153. The smallest absolute Gasteiger partial charge is 0.246 e. The van der Waals surface area contributed by atoms with Crippen molar-refractivity contribution in [3.63, 3.8) is 0 Å². The van der Waals surface area contributed by atoms with Gasteiger partial charge in [-0.05, 0) is 20.9 Å². The van der Waals surface area contributed by atoms with E-state index in [1.807, 2.05) is 6.92 Å². The Morgan fingerprint density at radius 3 is 2.95 bits per heavy atom. The number of aromatic nitrogens is 2. The number of aryl methyl sites for hydroxylation is 1. The summed E-state index contributed by atoms with van der Waals surface area (Å²) in [6, 6.07) is 0. The zero-order chi connectivity index (χ0) is 14.0. The van der Waals surface area contributed by atoms with Crippen LogP contribution in [-0.4, -0.2) is 55.8 Å². The number of nitrogens with zero attached hydrogens (tertiary/aromatic N) is 2. The van der Waals surface area contributed by atoms with Crippen LogP contribution >= 0.6 is 0 Å². The van der Waals surface area contributed by atoms with Gasteiger partial charge in [-0.2, -0.15) is 9.40 Å². The van der Waals surface area contributed by atoms with Crippen molar-refractivity contribution in [3.8, 4) is 0 Å². The number of sulfonamides is 1. The monoisotopic (exact) mass is 288 g/mol. The first kappa shape index (κ1) is 14.4. The molecule has 0 aliphatic carbocycles. The topological polar surface area (TPSA) is 87.3 Å². The van der Waals surface area contributed by atoms with Gasteiger partial charge in [0, 0.05) is 19.6 Å². The highest BCUT2D eigenvalue weighted by atomic mass is 32.2. The average molecular weight is 288 g/mol. The first-order valence-electron chi connectivity index (χ1n) is 6.27. The second kappa shape index (κ2) is 5.58. The molecule has 1 atom stereocenters. The van der Waals surface area contributed by atoms with Crippen molar-refractivity contribution in [3.05, 3.63) is 11.4 Å². The molecule has 7 nitrogen and oxygen atoms in total. The number of aromatic amines is 1. The Morgan fingerprint density at radius 2 is 2.32 bits per heavy atom. The Hall–Kier alpha value is -0.960. The summed E-state index contributed by atoms with van der Waals surface area (Å²) in [4.78, 5) is 0.288. The highest BCUT2D eigenvalue weighted by molar-refractivity contribution is 7.89. The molecule has 1 aromatic heterocycles. The van der Waals surface area contributed by atoms with Crippen LogP contribution < -0.4 is 5.32 Å². The van der Waals surface area contributed by atoms with Crippen LogP contribution in [0.5, 0.6) is 0 Å². The fourth-order valence-corrected chi connectivity index (χ4v) is 4.06. The number of rotatable bonds is 4. The van der Waals surface area contributed by atoms with Crippen LogP contribution in [0.4, 0.5) is 0 Å². The first-order chi connectivity index (χ1) is 8.96. The van der Waals surface area contributed by atoms with Gasteiger partial charge in [0.15, 0.2) is 0 Å². The van der Waals surface area contributed by atoms with Crippen molar-refractivity contribution in [2.45, 2.75) is 31.4 Å². The van der Waals surface area contributed by atoms with Crippen LogP contribution in [0.25, 0.3) is 0 Å². The summed E-state index contributed by atoms with van der Waals surface area (Å²) in [5.74, 6) is 0. The van der Waals surface area contributed by atoms with Crippen LogP contribution in [0.2, 0.25) is 0 Å². The van der Waals surface area contributed by atoms with E-state index < -0.39 is 10.0 Å². The van der Waals surface area contributed by atoms with Crippen molar-refractivity contribution in [1.29, 1.82) is 0 Å². The molecule has 0 radical (unpaired) electrons. The van der Waals surface area contributed by atoms with E-state index in [-0.39, 0.29) is 11.0 Å². The molecule has 1 unspecified atom stereocenters. The summed E-state index contributed by atoms with van der Waals surface area (Å²) < 4.78 is 32.2. The molecule has 1 aromatic rings. The van der Waals surface area contributed by atoms with Crippen molar-refractivity contribution < 1.29 is 13.2 Å². The maximum Gasteiger partial charge on any atom is 0.246 e. The van der Waals surface area contributed by atoms with Gasteiger partial charge in [-0.1, -0.05) is 0 Å². The fraction of sp³-hybridized carbons (Fsp3) is 0.727.